The summed E-state index contributed by atoms with van der Waals surface area (Å²) in [7, 11) is 0. The van der Waals surface area contributed by atoms with Crippen LogP contribution in [0.3, 0.4) is 0 Å². The number of aliphatic hydroxyl groups excluding tert-OH is 2. The van der Waals surface area contributed by atoms with Gasteiger partial charge in [0.25, 0.3) is 0 Å². The normalized spacial score (nSPS) is 11.0. The van der Waals surface area contributed by atoms with Crippen molar-refractivity contribution in [3.63, 3.8) is 0 Å². The van der Waals surface area contributed by atoms with E-state index in [-0.39, 0.29) is 13.2 Å². The van der Waals surface area contributed by atoms with Gasteiger partial charge in [-0.2, -0.15) is 0 Å². The van der Waals surface area contributed by atoms with E-state index in [4.69, 9.17) is 0 Å². The van der Waals surface area contributed by atoms with Crippen LogP contribution in [0, 0.1) is 0 Å². The van der Waals surface area contributed by atoms with Crippen molar-refractivity contribution in [1.82, 2.24) is 9.97 Å². The third-order valence-corrected chi connectivity index (χ3v) is 4.50. The van der Waals surface area contributed by atoms with Crippen LogP contribution in [0.15, 0.2) is 42.7 Å². The van der Waals surface area contributed by atoms with Gasteiger partial charge in [-0.15, -0.1) is 11.3 Å². The standard InChI is InChI=1S/C16H17N3O2S/c20-8-6-19(7-9-21)15-13-10-14(12-4-2-1-3-5-12)22-16(13)18-11-17-15/h1-5,10-11,20-21H,6-9H2. The molecule has 2 heterocycles. The molecule has 0 unspecified atom stereocenters. The summed E-state index contributed by atoms with van der Waals surface area (Å²) in [5.74, 6) is 0.756. The summed E-state index contributed by atoms with van der Waals surface area (Å²) in [5, 5.41) is 19.4. The van der Waals surface area contributed by atoms with Crippen LogP contribution in [0.2, 0.25) is 0 Å². The second-order valence-electron chi connectivity index (χ2n) is 4.83. The van der Waals surface area contributed by atoms with E-state index in [0.717, 1.165) is 26.5 Å². The first-order chi connectivity index (χ1) is 10.8. The largest absolute Gasteiger partial charge is 0.395 e. The van der Waals surface area contributed by atoms with Crippen LogP contribution in [0.4, 0.5) is 5.82 Å². The van der Waals surface area contributed by atoms with Gasteiger partial charge in [-0.1, -0.05) is 30.3 Å². The average Bonchev–Trinajstić information content (AvgIpc) is 2.99. The van der Waals surface area contributed by atoms with E-state index < -0.39 is 0 Å². The third kappa shape index (κ3) is 2.94. The highest BCUT2D eigenvalue weighted by Crippen LogP contribution is 2.35. The molecule has 0 aliphatic rings. The number of fused-ring (bicyclic) bond motifs is 1. The Hall–Kier alpha value is -2.02. The maximum absolute atomic E-state index is 9.22. The van der Waals surface area contributed by atoms with Crippen LogP contribution in [0.1, 0.15) is 0 Å². The van der Waals surface area contributed by atoms with Crippen molar-refractivity contribution in [2.45, 2.75) is 0 Å². The predicted octanol–water partition coefficient (Wildman–Crippen LogP) is 2.15. The first-order valence-electron chi connectivity index (χ1n) is 7.10. The lowest BCUT2D eigenvalue weighted by atomic mass is 10.2. The molecule has 0 aliphatic heterocycles. The quantitative estimate of drug-likeness (QED) is 0.729. The van der Waals surface area contributed by atoms with Gasteiger partial charge in [-0.05, 0) is 11.6 Å². The van der Waals surface area contributed by atoms with Crippen molar-refractivity contribution in [2.24, 2.45) is 0 Å². The maximum Gasteiger partial charge on any atom is 0.140 e. The summed E-state index contributed by atoms with van der Waals surface area (Å²) in [4.78, 5) is 12.6. The van der Waals surface area contributed by atoms with Crippen LogP contribution < -0.4 is 4.90 Å². The Kier molecular flexibility index (Phi) is 4.62. The molecular formula is C16H17N3O2S. The van der Waals surface area contributed by atoms with Crippen molar-refractivity contribution in [2.75, 3.05) is 31.2 Å². The molecule has 0 amide bonds. The third-order valence-electron chi connectivity index (χ3n) is 3.41. The zero-order chi connectivity index (χ0) is 15.4. The summed E-state index contributed by atoms with van der Waals surface area (Å²) < 4.78 is 0. The van der Waals surface area contributed by atoms with Gasteiger partial charge in [-0.3, -0.25) is 0 Å². The van der Waals surface area contributed by atoms with E-state index in [0.29, 0.717) is 13.1 Å². The van der Waals surface area contributed by atoms with Crippen molar-refractivity contribution < 1.29 is 10.2 Å². The molecular weight excluding hydrogens is 298 g/mol. The average molecular weight is 315 g/mol. The number of thiophene rings is 1. The Balaban J connectivity index is 2.06. The minimum absolute atomic E-state index is 0.0151. The van der Waals surface area contributed by atoms with Gasteiger partial charge in [0.15, 0.2) is 0 Å². The monoisotopic (exact) mass is 315 g/mol. The molecule has 0 bridgehead atoms. The summed E-state index contributed by atoms with van der Waals surface area (Å²) in [6.07, 6.45) is 1.53. The second-order valence-corrected chi connectivity index (χ2v) is 5.86. The van der Waals surface area contributed by atoms with E-state index in [1.807, 2.05) is 23.1 Å². The van der Waals surface area contributed by atoms with Crippen molar-refractivity contribution in [3.05, 3.63) is 42.7 Å². The molecule has 0 saturated carbocycles. The van der Waals surface area contributed by atoms with Crippen molar-refractivity contribution >= 4 is 27.4 Å². The lowest BCUT2D eigenvalue weighted by molar-refractivity contribution is 0.281. The van der Waals surface area contributed by atoms with Gasteiger partial charge in [0.05, 0.1) is 18.6 Å². The fourth-order valence-corrected chi connectivity index (χ4v) is 3.40. The van der Waals surface area contributed by atoms with Crippen molar-refractivity contribution in [3.8, 4) is 10.4 Å². The number of benzene rings is 1. The maximum atomic E-state index is 9.22. The summed E-state index contributed by atoms with van der Waals surface area (Å²) in [6, 6.07) is 12.2. The lowest BCUT2D eigenvalue weighted by Crippen LogP contribution is -2.30. The zero-order valence-electron chi connectivity index (χ0n) is 12.0. The van der Waals surface area contributed by atoms with Crippen LogP contribution in [0.5, 0.6) is 0 Å². The van der Waals surface area contributed by atoms with E-state index in [1.165, 1.54) is 6.33 Å². The second kappa shape index (κ2) is 6.83. The van der Waals surface area contributed by atoms with E-state index in [9.17, 15) is 10.2 Å². The SMILES string of the molecule is OCCN(CCO)c1ncnc2sc(-c3ccccc3)cc12. The first-order valence-corrected chi connectivity index (χ1v) is 7.91. The number of anilines is 1. The Labute approximate surface area is 132 Å². The Morgan fingerprint density at radius 3 is 2.41 bits per heavy atom. The highest BCUT2D eigenvalue weighted by atomic mass is 32.1. The highest BCUT2D eigenvalue weighted by Gasteiger charge is 2.15. The summed E-state index contributed by atoms with van der Waals surface area (Å²) in [6.45, 7) is 0.898. The van der Waals surface area contributed by atoms with Gasteiger partial charge in [0.1, 0.15) is 17.0 Å². The molecule has 0 fully saturated rings. The number of nitrogens with zero attached hydrogens (tertiary/aromatic N) is 3. The minimum atomic E-state index is 0.0151. The lowest BCUT2D eigenvalue weighted by Gasteiger charge is -2.21. The molecule has 1 aromatic carbocycles. The van der Waals surface area contributed by atoms with Crippen LogP contribution in [-0.4, -0.2) is 46.5 Å². The molecule has 0 aliphatic carbocycles. The molecule has 6 heteroatoms. The van der Waals surface area contributed by atoms with E-state index >= 15 is 0 Å². The van der Waals surface area contributed by atoms with E-state index in [1.54, 1.807) is 11.3 Å². The van der Waals surface area contributed by atoms with Crippen molar-refractivity contribution in [1.29, 1.82) is 0 Å². The molecule has 22 heavy (non-hydrogen) atoms. The van der Waals surface area contributed by atoms with Gasteiger partial charge in [-0.25, -0.2) is 9.97 Å². The van der Waals surface area contributed by atoms with Crippen LogP contribution >= 0.6 is 11.3 Å². The molecule has 0 saturated heterocycles. The molecule has 5 nitrogen and oxygen atoms in total. The summed E-state index contributed by atoms with van der Waals surface area (Å²) in [5.41, 5.74) is 1.15. The summed E-state index contributed by atoms with van der Waals surface area (Å²) >= 11 is 1.62. The van der Waals surface area contributed by atoms with E-state index in [2.05, 4.69) is 28.2 Å². The van der Waals surface area contributed by atoms with Gasteiger partial charge in [0.2, 0.25) is 0 Å². The number of rotatable bonds is 6. The Morgan fingerprint density at radius 1 is 1.00 bits per heavy atom. The zero-order valence-corrected chi connectivity index (χ0v) is 12.8. The molecule has 3 aromatic rings. The molecule has 0 radical (unpaired) electrons. The van der Waals surface area contributed by atoms with Gasteiger partial charge >= 0.3 is 0 Å². The Morgan fingerprint density at radius 2 is 1.73 bits per heavy atom. The topological polar surface area (TPSA) is 69.5 Å². The minimum Gasteiger partial charge on any atom is -0.395 e. The molecule has 114 valence electrons. The predicted molar refractivity (Wildman–Crippen MR) is 89.2 cm³/mol. The smallest absolute Gasteiger partial charge is 0.140 e. The fraction of sp³-hybridized carbons (Fsp3) is 0.250. The first kappa shape index (κ1) is 14.9. The number of hydrogen-bond acceptors (Lipinski definition) is 6. The molecule has 0 spiro atoms. The van der Waals surface area contributed by atoms with Crippen LogP contribution in [0.25, 0.3) is 20.7 Å². The number of hydrogen-bond donors (Lipinski definition) is 2. The molecule has 0 atom stereocenters. The number of aromatic nitrogens is 2. The highest BCUT2D eigenvalue weighted by molar-refractivity contribution is 7.21. The molecule has 2 aromatic heterocycles. The van der Waals surface area contributed by atoms with Gasteiger partial charge < -0.3 is 15.1 Å². The number of aliphatic hydroxyl groups is 2. The molecule has 2 N–H and O–H groups in total. The fourth-order valence-electron chi connectivity index (χ4n) is 2.40. The van der Waals surface area contributed by atoms with Crippen LogP contribution in [-0.2, 0) is 0 Å². The Bertz CT molecular complexity index is 739. The van der Waals surface area contributed by atoms with Gasteiger partial charge in [0, 0.05) is 18.0 Å². The molecule has 3 rings (SSSR count).